The first-order valence-corrected chi connectivity index (χ1v) is 11.7. The normalized spacial score (nSPS) is 18.1. The van der Waals surface area contributed by atoms with E-state index < -0.39 is 9.84 Å². The molecule has 0 saturated heterocycles. The van der Waals surface area contributed by atoms with Gasteiger partial charge in [0.25, 0.3) is 0 Å². The molecule has 1 atom stereocenters. The predicted molar refractivity (Wildman–Crippen MR) is 105 cm³/mol. The van der Waals surface area contributed by atoms with Crippen molar-refractivity contribution in [2.45, 2.75) is 76.9 Å². The van der Waals surface area contributed by atoms with Gasteiger partial charge in [-0.15, -0.1) is 0 Å². The maximum Gasteiger partial charge on any atom is 0.191 e. The van der Waals surface area contributed by atoms with E-state index in [-0.39, 0.29) is 11.8 Å². The molecule has 1 saturated carbocycles. The summed E-state index contributed by atoms with van der Waals surface area (Å²) in [5.41, 5.74) is 0. The fourth-order valence-electron chi connectivity index (χ4n) is 2.98. The molecule has 0 amide bonds. The first-order valence-electron chi connectivity index (χ1n) is 9.67. The van der Waals surface area contributed by atoms with E-state index in [1.165, 1.54) is 38.4 Å². The Kier molecular flexibility index (Phi) is 11.1. The average Bonchev–Trinajstić information content (AvgIpc) is 2.58. The van der Waals surface area contributed by atoms with Crippen molar-refractivity contribution in [1.82, 2.24) is 10.6 Å². The SMILES string of the molecule is CN=C(NCCCCCOC1CCCCC1)NC(C)CCS(C)(=O)=O. The molecular weight excluding hydrogens is 338 g/mol. The summed E-state index contributed by atoms with van der Waals surface area (Å²) in [6.45, 7) is 3.71. The van der Waals surface area contributed by atoms with E-state index in [1.54, 1.807) is 7.05 Å². The summed E-state index contributed by atoms with van der Waals surface area (Å²) in [7, 11) is -1.18. The summed E-state index contributed by atoms with van der Waals surface area (Å²) in [4.78, 5) is 4.19. The van der Waals surface area contributed by atoms with Crippen molar-refractivity contribution < 1.29 is 13.2 Å². The molecule has 0 bridgehead atoms. The average molecular weight is 376 g/mol. The molecule has 2 N–H and O–H groups in total. The van der Waals surface area contributed by atoms with Gasteiger partial charge in [0, 0.05) is 32.5 Å². The van der Waals surface area contributed by atoms with Crippen molar-refractivity contribution in [3.05, 3.63) is 0 Å². The quantitative estimate of drug-likeness (QED) is 0.329. The zero-order valence-electron chi connectivity index (χ0n) is 16.2. The van der Waals surface area contributed by atoms with Crippen molar-refractivity contribution >= 4 is 15.8 Å². The monoisotopic (exact) mass is 375 g/mol. The van der Waals surface area contributed by atoms with E-state index in [9.17, 15) is 8.42 Å². The molecule has 0 aromatic heterocycles. The smallest absolute Gasteiger partial charge is 0.191 e. The second-order valence-electron chi connectivity index (χ2n) is 7.15. The maximum atomic E-state index is 11.2. The van der Waals surface area contributed by atoms with E-state index in [0.717, 1.165) is 38.4 Å². The van der Waals surface area contributed by atoms with E-state index in [0.29, 0.717) is 12.5 Å². The van der Waals surface area contributed by atoms with Crippen molar-refractivity contribution in [2.75, 3.05) is 32.2 Å². The van der Waals surface area contributed by atoms with Gasteiger partial charge in [-0.1, -0.05) is 19.3 Å². The summed E-state index contributed by atoms with van der Waals surface area (Å²) in [5, 5.41) is 6.52. The van der Waals surface area contributed by atoms with Crippen LogP contribution < -0.4 is 10.6 Å². The van der Waals surface area contributed by atoms with Gasteiger partial charge in [0.15, 0.2) is 5.96 Å². The van der Waals surface area contributed by atoms with Crippen LogP contribution in [-0.4, -0.2) is 58.7 Å². The molecular formula is C18H37N3O3S. The molecule has 25 heavy (non-hydrogen) atoms. The highest BCUT2D eigenvalue weighted by Crippen LogP contribution is 2.20. The Hall–Kier alpha value is -0.820. The third-order valence-electron chi connectivity index (χ3n) is 4.55. The standard InChI is InChI=1S/C18H37N3O3S/c1-16(12-15-25(3,22)23)21-18(19-2)20-13-8-5-9-14-24-17-10-6-4-7-11-17/h16-17H,4-15H2,1-3H3,(H2,19,20,21). The molecule has 6 nitrogen and oxygen atoms in total. The van der Waals surface area contributed by atoms with Gasteiger partial charge < -0.3 is 15.4 Å². The molecule has 1 fully saturated rings. The van der Waals surface area contributed by atoms with Crippen LogP contribution in [0, 0.1) is 0 Å². The third kappa shape index (κ3) is 12.2. The molecule has 1 aliphatic carbocycles. The van der Waals surface area contributed by atoms with Gasteiger partial charge in [0.1, 0.15) is 9.84 Å². The van der Waals surface area contributed by atoms with Crippen molar-refractivity contribution in [3.63, 3.8) is 0 Å². The molecule has 0 spiro atoms. The number of guanidine groups is 1. The Morgan fingerprint density at radius 1 is 1.20 bits per heavy atom. The lowest BCUT2D eigenvalue weighted by Gasteiger charge is -2.22. The number of ether oxygens (including phenoxy) is 1. The molecule has 0 aromatic carbocycles. The highest BCUT2D eigenvalue weighted by atomic mass is 32.2. The van der Waals surface area contributed by atoms with Gasteiger partial charge in [-0.25, -0.2) is 8.42 Å². The van der Waals surface area contributed by atoms with Gasteiger partial charge in [-0.2, -0.15) is 0 Å². The van der Waals surface area contributed by atoms with E-state index >= 15 is 0 Å². The Morgan fingerprint density at radius 3 is 2.56 bits per heavy atom. The van der Waals surface area contributed by atoms with Crippen molar-refractivity contribution in [2.24, 2.45) is 4.99 Å². The number of unbranched alkanes of at least 4 members (excludes halogenated alkanes) is 2. The molecule has 7 heteroatoms. The van der Waals surface area contributed by atoms with Crippen LogP contribution in [0.2, 0.25) is 0 Å². The maximum absolute atomic E-state index is 11.2. The fourth-order valence-corrected chi connectivity index (χ4v) is 3.77. The number of sulfone groups is 1. The topological polar surface area (TPSA) is 79.8 Å². The highest BCUT2D eigenvalue weighted by Gasteiger charge is 2.13. The zero-order chi connectivity index (χ0) is 18.5. The van der Waals surface area contributed by atoms with Gasteiger partial charge in [0.05, 0.1) is 11.9 Å². The molecule has 0 heterocycles. The predicted octanol–water partition coefficient (Wildman–Crippen LogP) is 2.49. The minimum absolute atomic E-state index is 0.0739. The van der Waals surface area contributed by atoms with Crippen LogP contribution in [0.1, 0.15) is 64.7 Å². The van der Waals surface area contributed by atoms with Crippen LogP contribution >= 0.6 is 0 Å². The fraction of sp³-hybridized carbons (Fsp3) is 0.944. The molecule has 0 radical (unpaired) electrons. The van der Waals surface area contributed by atoms with Crippen LogP contribution in [-0.2, 0) is 14.6 Å². The Balaban J connectivity index is 2.02. The summed E-state index contributed by atoms with van der Waals surface area (Å²) in [6.07, 6.45) is 12.2. The minimum atomic E-state index is -2.91. The Morgan fingerprint density at radius 2 is 1.92 bits per heavy atom. The van der Waals surface area contributed by atoms with E-state index in [1.807, 2.05) is 6.92 Å². The number of aliphatic imine (C=N–C) groups is 1. The summed E-state index contributed by atoms with van der Waals surface area (Å²) >= 11 is 0. The van der Waals surface area contributed by atoms with Gasteiger partial charge >= 0.3 is 0 Å². The lowest BCUT2D eigenvalue weighted by molar-refractivity contribution is 0.0264. The molecule has 1 aliphatic rings. The van der Waals surface area contributed by atoms with Crippen LogP contribution in [0.15, 0.2) is 4.99 Å². The lowest BCUT2D eigenvalue weighted by atomic mass is 9.98. The molecule has 1 unspecified atom stereocenters. The lowest BCUT2D eigenvalue weighted by Crippen LogP contribution is -2.43. The Bertz CT molecular complexity index is 474. The Labute approximate surface area is 154 Å². The van der Waals surface area contributed by atoms with Gasteiger partial charge in [-0.05, 0) is 45.4 Å². The zero-order valence-corrected chi connectivity index (χ0v) is 17.0. The number of rotatable bonds is 11. The highest BCUT2D eigenvalue weighted by molar-refractivity contribution is 7.90. The van der Waals surface area contributed by atoms with Crippen LogP contribution in [0.3, 0.4) is 0 Å². The molecule has 1 rings (SSSR count). The minimum Gasteiger partial charge on any atom is -0.378 e. The van der Waals surface area contributed by atoms with E-state index in [4.69, 9.17) is 4.74 Å². The van der Waals surface area contributed by atoms with Gasteiger partial charge in [0.2, 0.25) is 0 Å². The number of hydrogen-bond donors (Lipinski definition) is 2. The van der Waals surface area contributed by atoms with Crippen LogP contribution in [0.25, 0.3) is 0 Å². The van der Waals surface area contributed by atoms with Crippen LogP contribution in [0.4, 0.5) is 0 Å². The second kappa shape index (κ2) is 12.5. The molecule has 148 valence electrons. The molecule has 0 aliphatic heterocycles. The number of hydrogen-bond acceptors (Lipinski definition) is 4. The number of nitrogens with one attached hydrogen (secondary N) is 2. The van der Waals surface area contributed by atoms with Gasteiger partial charge in [-0.3, -0.25) is 4.99 Å². The third-order valence-corrected chi connectivity index (χ3v) is 5.52. The van der Waals surface area contributed by atoms with E-state index in [2.05, 4.69) is 15.6 Å². The van der Waals surface area contributed by atoms with Crippen molar-refractivity contribution in [3.8, 4) is 0 Å². The van der Waals surface area contributed by atoms with Crippen LogP contribution in [0.5, 0.6) is 0 Å². The molecule has 0 aromatic rings. The first kappa shape index (κ1) is 22.2. The summed E-state index contributed by atoms with van der Waals surface area (Å²) in [6, 6.07) is 0.0739. The largest absolute Gasteiger partial charge is 0.378 e. The number of nitrogens with zero attached hydrogens (tertiary/aromatic N) is 1. The first-order chi connectivity index (χ1) is 11.9. The van der Waals surface area contributed by atoms with Crippen molar-refractivity contribution in [1.29, 1.82) is 0 Å². The summed E-state index contributed by atoms with van der Waals surface area (Å²) < 4.78 is 28.3. The summed E-state index contributed by atoms with van der Waals surface area (Å²) in [5.74, 6) is 0.929. The second-order valence-corrected chi connectivity index (χ2v) is 9.41.